The Labute approximate surface area is 180 Å². The van der Waals surface area contributed by atoms with Gasteiger partial charge in [-0.25, -0.2) is 12.8 Å². The second kappa shape index (κ2) is 8.44. The molecule has 1 aliphatic heterocycles. The Balaban J connectivity index is 1.42. The molecule has 0 radical (unpaired) electrons. The number of aromatic nitrogens is 1. The maximum Gasteiger partial charge on any atom is 0.165 e. The first-order valence-corrected chi connectivity index (χ1v) is 13.1. The molecule has 1 saturated heterocycles. The molecule has 156 valence electrons. The Morgan fingerprint density at radius 2 is 2.10 bits per heavy atom. The van der Waals surface area contributed by atoms with E-state index < -0.39 is 15.7 Å². The van der Waals surface area contributed by atoms with Gasteiger partial charge in [0, 0.05) is 23.9 Å². The van der Waals surface area contributed by atoms with Crippen molar-refractivity contribution in [2.24, 2.45) is 17.8 Å². The summed E-state index contributed by atoms with van der Waals surface area (Å²) in [5, 5.41) is 0.323. The molecule has 1 aliphatic carbocycles. The zero-order valence-corrected chi connectivity index (χ0v) is 18.4. The van der Waals surface area contributed by atoms with Crippen LogP contribution in [0.1, 0.15) is 12.8 Å². The lowest BCUT2D eigenvalue weighted by Gasteiger charge is -2.31. The molecule has 1 aromatic carbocycles. The van der Waals surface area contributed by atoms with Crippen molar-refractivity contribution in [3.05, 3.63) is 47.4 Å². The van der Waals surface area contributed by atoms with Crippen molar-refractivity contribution in [1.82, 2.24) is 4.98 Å². The molecule has 2 fully saturated rings. The van der Waals surface area contributed by atoms with Crippen LogP contribution in [-0.4, -0.2) is 43.0 Å². The topological polar surface area (TPSA) is 56.3 Å². The molecule has 4 nitrogen and oxygen atoms in total. The monoisotopic (exact) mass is 455 g/mol. The molecule has 0 spiro atoms. The Kier molecular flexibility index (Phi) is 6.09. The van der Waals surface area contributed by atoms with E-state index in [0.717, 1.165) is 24.3 Å². The van der Waals surface area contributed by atoms with Crippen LogP contribution < -0.4 is 4.74 Å². The minimum absolute atomic E-state index is 0.207. The minimum Gasteiger partial charge on any atom is -0.490 e. The lowest BCUT2D eigenvalue weighted by molar-refractivity contribution is 0.184. The molecule has 8 heteroatoms. The zero-order valence-electron chi connectivity index (χ0n) is 16.1. The number of hydrogen-bond donors (Lipinski definition) is 0. The fourth-order valence-electron chi connectivity index (χ4n) is 4.20. The molecule has 2 unspecified atom stereocenters. The SMILES string of the molecule is CS(=O)(=O)C1CC1[C@H]1CCSC[C@@H]1COc1ccc(-c2ccc(Cl)cn2)cc1F. The fourth-order valence-corrected chi connectivity index (χ4v) is 6.97. The van der Waals surface area contributed by atoms with E-state index in [1.54, 1.807) is 24.3 Å². The highest BCUT2D eigenvalue weighted by Crippen LogP contribution is 2.49. The molecule has 1 saturated carbocycles. The van der Waals surface area contributed by atoms with Gasteiger partial charge in [-0.15, -0.1) is 0 Å². The Bertz CT molecular complexity index is 984. The van der Waals surface area contributed by atoms with Gasteiger partial charge < -0.3 is 4.74 Å². The van der Waals surface area contributed by atoms with Crippen molar-refractivity contribution in [1.29, 1.82) is 0 Å². The number of benzene rings is 1. The van der Waals surface area contributed by atoms with Gasteiger partial charge in [0.05, 0.1) is 22.6 Å². The number of pyridine rings is 1. The van der Waals surface area contributed by atoms with E-state index in [0.29, 0.717) is 28.8 Å². The van der Waals surface area contributed by atoms with Gasteiger partial charge in [0.25, 0.3) is 0 Å². The third-order valence-corrected chi connectivity index (χ3v) is 8.87. The van der Waals surface area contributed by atoms with E-state index in [1.165, 1.54) is 18.5 Å². The van der Waals surface area contributed by atoms with E-state index in [-0.39, 0.29) is 22.8 Å². The first kappa shape index (κ1) is 20.9. The van der Waals surface area contributed by atoms with Crippen molar-refractivity contribution in [3.63, 3.8) is 0 Å². The molecule has 2 heterocycles. The molecule has 0 bridgehead atoms. The van der Waals surface area contributed by atoms with Gasteiger partial charge in [-0.3, -0.25) is 4.98 Å². The molecule has 2 aliphatic rings. The summed E-state index contributed by atoms with van der Waals surface area (Å²) in [5.74, 6) is 2.55. The highest BCUT2D eigenvalue weighted by molar-refractivity contribution is 7.99. The number of thioether (sulfide) groups is 1. The van der Waals surface area contributed by atoms with Crippen molar-refractivity contribution in [2.75, 3.05) is 24.4 Å². The van der Waals surface area contributed by atoms with Crippen LogP contribution >= 0.6 is 23.4 Å². The van der Waals surface area contributed by atoms with Gasteiger partial charge >= 0.3 is 0 Å². The van der Waals surface area contributed by atoms with Crippen LogP contribution in [0.5, 0.6) is 5.75 Å². The zero-order chi connectivity index (χ0) is 20.6. The summed E-state index contributed by atoms with van der Waals surface area (Å²) in [6.07, 6.45) is 4.61. The number of halogens is 2. The molecule has 1 aromatic heterocycles. The molecular formula is C21H23ClFNO3S2. The molecule has 4 rings (SSSR count). The summed E-state index contributed by atoms with van der Waals surface area (Å²) in [6.45, 7) is 0.403. The van der Waals surface area contributed by atoms with Crippen LogP contribution in [0.2, 0.25) is 5.02 Å². The van der Waals surface area contributed by atoms with E-state index >= 15 is 0 Å². The molecule has 0 amide bonds. The van der Waals surface area contributed by atoms with Crippen LogP contribution in [0, 0.1) is 23.6 Å². The largest absolute Gasteiger partial charge is 0.490 e. The third kappa shape index (κ3) is 4.89. The average molecular weight is 456 g/mol. The highest BCUT2D eigenvalue weighted by atomic mass is 35.5. The first-order valence-electron chi connectivity index (χ1n) is 9.64. The van der Waals surface area contributed by atoms with Crippen molar-refractivity contribution < 1.29 is 17.5 Å². The van der Waals surface area contributed by atoms with Crippen molar-refractivity contribution in [3.8, 4) is 17.0 Å². The van der Waals surface area contributed by atoms with Gasteiger partial charge in [-0.1, -0.05) is 11.6 Å². The lowest BCUT2D eigenvalue weighted by Crippen LogP contribution is -2.31. The highest BCUT2D eigenvalue weighted by Gasteiger charge is 2.51. The Morgan fingerprint density at radius 3 is 2.76 bits per heavy atom. The lowest BCUT2D eigenvalue weighted by atomic mass is 9.87. The number of ether oxygens (including phenoxy) is 1. The van der Waals surface area contributed by atoms with E-state index in [2.05, 4.69) is 4.98 Å². The smallest absolute Gasteiger partial charge is 0.165 e. The maximum atomic E-state index is 14.6. The normalized spacial score (nSPS) is 26.9. The van der Waals surface area contributed by atoms with Crippen LogP contribution in [0.4, 0.5) is 4.39 Å². The van der Waals surface area contributed by atoms with E-state index in [4.69, 9.17) is 16.3 Å². The number of nitrogens with zero attached hydrogens (tertiary/aromatic N) is 1. The molecule has 2 aromatic rings. The molecular weight excluding hydrogens is 433 g/mol. The van der Waals surface area contributed by atoms with Crippen LogP contribution in [0.15, 0.2) is 36.5 Å². The number of hydrogen-bond acceptors (Lipinski definition) is 5. The first-order chi connectivity index (χ1) is 13.8. The summed E-state index contributed by atoms with van der Waals surface area (Å²) in [4.78, 5) is 4.21. The van der Waals surface area contributed by atoms with Crippen LogP contribution in [0.25, 0.3) is 11.3 Å². The Hall–Kier alpha value is -1.31. The van der Waals surface area contributed by atoms with Crippen LogP contribution in [-0.2, 0) is 9.84 Å². The predicted molar refractivity (Wildman–Crippen MR) is 116 cm³/mol. The van der Waals surface area contributed by atoms with E-state index in [1.807, 2.05) is 11.8 Å². The molecule has 4 atom stereocenters. The fraction of sp³-hybridized carbons (Fsp3) is 0.476. The van der Waals surface area contributed by atoms with Crippen LogP contribution in [0.3, 0.4) is 0 Å². The minimum atomic E-state index is -2.98. The number of sulfone groups is 1. The summed E-state index contributed by atoms with van der Waals surface area (Å²) in [6, 6.07) is 8.29. The van der Waals surface area contributed by atoms with Gasteiger partial charge in [0.1, 0.15) is 0 Å². The van der Waals surface area contributed by atoms with Gasteiger partial charge in [0.15, 0.2) is 21.4 Å². The average Bonchev–Trinajstić information content (AvgIpc) is 3.49. The van der Waals surface area contributed by atoms with E-state index in [9.17, 15) is 12.8 Å². The molecule has 0 N–H and O–H groups in total. The van der Waals surface area contributed by atoms with Gasteiger partial charge in [-0.05, 0) is 66.5 Å². The summed E-state index contributed by atoms with van der Waals surface area (Å²) in [5.41, 5.74) is 1.30. The maximum absolute atomic E-state index is 14.6. The standard InChI is InChI=1S/C21H23ClFNO3S2/c1-29(25,26)21-9-17(21)16-6-7-28-12-14(16)11-27-20-5-2-13(8-18(20)23)19-4-3-15(22)10-24-19/h2-5,8,10,14,16-17,21H,6-7,9,11-12H2,1H3/t14-,16-,17?,21?/m0/s1. The Morgan fingerprint density at radius 1 is 1.28 bits per heavy atom. The van der Waals surface area contributed by atoms with Gasteiger partial charge in [0.2, 0.25) is 0 Å². The predicted octanol–water partition coefficient (Wildman–Crippen LogP) is 4.72. The third-order valence-electron chi connectivity index (χ3n) is 5.82. The second-order valence-corrected chi connectivity index (χ2v) is 11.7. The van der Waals surface area contributed by atoms with Gasteiger partial charge in [-0.2, -0.15) is 11.8 Å². The summed E-state index contributed by atoms with van der Waals surface area (Å²) in [7, 11) is -2.98. The van der Waals surface area contributed by atoms with Crippen molar-refractivity contribution in [2.45, 2.75) is 18.1 Å². The second-order valence-electron chi connectivity index (χ2n) is 7.87. The quantitative estimate of drug-likeness (QED) is 0.630. The summed E-state index contributed by atoms with van der Waals surface area (Å²) >= 11 is 7.71. The summed E-state index contributed by atoms with van der Waals surface area (Å²) < 4.78 is 44.1. The molecule has 29 heavy (non-hydrogen) atoms. The van der Waals surface area contributed by atoms with Crippen molar-refractivity contribution >= 4 is 33.2 Å². The number of rotatable bonds is 6.